The summed E-state index contributed by atoms with van der Waals surface area (Å²) in [6.45, 7) is 3.15. The van der Waals surface area contributed by atoms with Crippen molar-refractivity contribution >= 4 is 21.8 Å². The van der Waals surface area contributed by atoms with E-state index >= 15 is 0 Å². The quantitative estimate of drug-likeness (QED) is 0.388. The number of pyridine rings is 1. The molecule has 1 saturated heterocycles. The molecular weight excluding hydrogens is 520 g/mol. The first kappa shape index (κ1) is 28.2. The van der Waals surface area contributed by atoms with Crippen LogP contribution < -0.4 is 10.1 Å². The molecule has 39 heavy (non-hydrogen) atoms. The van der Waals surface area contributed by atoms with E-state index in [1.807, 2.05) is 42.5 Å². The van der Waals surface area contributed by atoms with E-state index in [1.54, 1.807) is 19.2 Å². The van der Waals surface area contributed by atoms with Gasteiger partial charge in [-0.2, -0.15) is 4.31 Å². The maximum absolute atomic E-state index is 13.3. The standard InChI is InChI=1S/C28H32N4O6S/c1-22(28(34)30-19-24-9-5-6-14-29-24)32(20-23-7-3-2-4-8-23)27(33)21-38-25-10-12-26(13-11-25)39(35,36)31-15-17-37-18-16-31/h2-14,22H,15-21H2,1H3,(H,30,34)/t22-/m0/s1. The normalized spacial score (nSPS) is 14.8. The number of hydrogen-bond donors (Lipinski definition) is 1. The smallest absolute Gasteiger partial charge is 0.261 e. The number of nitrogens with zero attached hydrogens (tertiary/aromatic N) is 3. The molecule has 0 aliphatic carbocycles. The van der Waals surface area contributed by atoms with Crippen LogP contribution in [0.1, 0.15) is 18.2 Å². The predicted octanol–water partition coefficient (Wildman–Crippen LogP) is 2.21. The van der Waals surface area contributed by atoms with Gasteiger partial charge in [-0.1, -0.05) is 36.4 Å². The average Bonchev–Trinajstić information content (AvgIpc) is 2.98. The maximum atomic E-state index is 13.3. The lowest BCUT2D eigenvalue weighted by molar-refractivity contribution is -0.142. The highest BCUT2D eigenvalue weighted by molar-refractivity contribution is 7.89. The Bertz CT molecular complexity index is 1330. The molecule has 3 aromatic rings. The molecule has 0 saturated carbocycles. The molecule has 0 unspecified atom stereocenters. The largest absolute Gasteiger partial charge is 0.484 e. The summed E-state index contributed by atoms with van der Waals surface area (Å²) < 4.78 is 38.0. The lowest BCUT2D eigenvalue weighted by Gasteiger charge is -2.28. The van der Waals surface area contributed by atoms with Gasteiger partial charge in [0.25, 0.3) is 5.91 Å². The molecule has 206 valence electrons. The third-order valence-corrected chi connectivity index (χ3v) is 8.24. The van der Waals surface area contributed by atoms with Gasteiger partial charge in [-0.05, 0) is 48.9 Å². The molecule has 0 radical (unpaired) electrons. The molecule has 1 N–H and O–H groups in total. The summed E-state index contributed by atoms with van der Waals surface area (Å²) in [4.78, 5) is 32.0. The lowest BCUT2D eigenvalue weighted by atomic mass is 10.1. The van der Waals surface area contributed by atoms with Gasteiger partial charge in [-0.15, -0.1) is 0 Å². The summed E-state index contributed by atoms with van der Waals surface area (Å²) in [5.41, 5.74) is 1.58. The van der Waals surface area contributed by atoms with Gasteiger partial charge in [-0.25, -0.2) is 8.42 Å². The van der Waals surface area contributed by atoms with Gasteiger partial charge in [-0.3, -0.25) is 14.6 Å². The zero-order valence-electron chi connectivity index (χ0n) is 21.7. The minimum atomic E-state index is -3.63. The minimum Gasteiger partial charge on any atom is -0.484 e. The summed E-state index contributed by atoms with van der Waals surface area (Å²) in [6.07, 6.45) is 1.65. The van der Waals surface area contributed by atoms with E-state index in [-0.39, 0.29) is 36.4 Å². The highest BCUT2D eigenvalue weighted by Crippen LogP contribution is 2.21. The molecule has 11 heteroatoms. The third-order valence-electron chi connectivity index (χ3n) is 6.33. The number of nitrogens with one attached hydrogen (secondary N) is 1. The average molecular weight is 553 g/mol. The Morgan fingerprint density at radius 3 is 2.38 bits per heavy atom. The Kier molecular flexibility index (Phi) is 9.64. The molecule has 1 atom stereocenters. The molecule has 1 aromatic heterocycles. The van der Waals surface area contributed by atoms with Crippen LogP contribution in [0.4, 0.5) is 0 Å². The van der Waals surface area contributed by atoms with Gasteiger partial charge >= 0.3 is 0 Å². The van der Waals surface area contributed by atoms with Gasteiger partial charge in [0.05, 0.1) is 30.3 Å². The molecule has 1 fully saturated rings. The second kappa shape index (κ2) is 13.3. The molecule has 1 aliphatic heterocycles. The second-order valence-electron chi connectivity index (χ2n) is 9.00. The van der Waals surface area contributed by atoms with Crippen molar-refractivity contribution in [1.29, 1.82) is 0 Å². The van der Waals surface area contributed by atoms with E-state index in [2.05, 4.69) is 10.3 Å². The van der Waals surface area contributed by atoms with Gasteiger partial charge < -0.3 is 19.7 Å². The fourth-order valence-corrected chi connectivity index (χ4v) is 5.47. The van der Waals surface area contributed by atoms with Crippen molar-refractivity contribution < 1.29 is 27.5 Å². The first-order valence-electron chi connectivity index (χ1n) is 12.7. The molecular formula is C28H32N4O6S. The summed E-state index contributed by atoms with van der Waals surface area (Å²) in [7, 11) is -3.63. The van der Waals surface area contributed by atoms with Crippen LogP contribution in [0.3, 0.4) is 0 Å². The Morgan fingerprint density at radius 2 is 1.72 bits per heavy atom. The fourth-order valence-electron chi connectivity index (χ4n) is 4.06. The topological polar surface area (TPSA) is 118 Å². The number of rotatable bonds is 11. The molecule has 10 nitrogen and oxygen atoms in total. The van der Waals surface area contributed by atoms with Crippen molar-refractivity contribution in [1.82, 2.24) is 19.5 Å². The molecule has 1 aliphatic rings. The molecule has 0 spiro atoms. The number of hydrogen-bond acceptors (Lipinski definition) is 7. The van der Waals surface area contributed by atoms with E-state index in [4.69, 9.17) is 9.47 Å². The third kappa shape index (κ3) is 7.62. The van der Waals surface area contributed by atoms with E-state index in [1.165, 1.54) is 33.5 Å². The summed E-state index contributed by atoms with van der Waals surface area (Å²) >= 11 is 0. The molecule has 0 bridgehead atoms. The number of carbonyl (C=O) groups excluding carboxylic acids is 2. The van der Waals surface area contributed by atoms with Crippen LogP contribution in [0, 0.1) is 0 Å². The van der Waals surface area contributed by atoms with Crippen LogP contribution in [0.5, 0.6) is 5.75 Å². The van der Waals surface area contributed by atoms with E-state index in [9.17, 15) is 18.0 Å². The Balaban J connectivity index is 1.40. The number of amides is 2. The van der Waals surface area contributed by atoms with Crippen molar-refractivity contribution in [2.24, 2.45) is 0 Å². The van der Waals surface area contributed by atoms with Crippen molar-refractivity contribution in [2.75, 3.05) is 32.9 Å². The van der Waals surface area contributed by atoms with Gasteiger partial charge in [0, 0.05) is 25.8 Å². The van der Waals surface area contributed by atoms with Crippen LogP contribution in [0.15, 0.2) is 83.9 Å². The van der Waals surface area contributed by atoms with Gasteiger partial charge in [0.15, 0.2) is 6.61 Å². The Labute approximate surface area is 228 Å². The van der Waals surface area contributed by atoms with Crippen molar-refractivity contribution in [3.63, 3.8) is 0 Å². The number of morpholine rings is 1. The lowest BCUT2D eigenvalue weighted by Crippen LogP contribution is -2.48. The summed E-state index contributed by atoms with van der Waals surface area (Å²) in [6, 6.07) is 20.0. The first-order chi connectivity index (χ1) is 18.8. The maximum Gasteiger partial charge on any atom is 0.261 e. The SMILES string of the molecule is C[C@@H](C(=O)NCc1ccccn1)N(Cc1ccccc1)C(=O)COc1ccc(S(=O)(=O)N2CCOCC2)cc1. The molecule has 4 rings (SSSR count). The zero-order chi connectivity index (χ0) is 27.7. The van der Waals surface area contributed by atoms with Crippen molar-refractivity contribution in [3.05, 3.63) is 90.3 Å². The summed E-state index contributed by atoms with van der Waals surface area (Å²) in [5.74, 6) is -0.358. The van der Waals surface area contributed by atoms with Crippen molar-refractivity contribution in [3.8, 4) is 5.75 Å². The highest BCUT2D eigenvalue weighted by Gasteiger charge is 2.28. The Morgan fingerprint density at radius 1 is 1.03 bits per heavy atom. The van der Waals surface area contributed by atoms with Crippen LogP contribution in [-0.4, -0.2) is 73.4 Å². The number of carbonyl (C=O) groups is 2. The molecule has 2 amide bonds. The van der Waals surface area contributed by atoms with Crippen LogP contribution in [-0.2, 0) is 37.4 Å². The predicted molar refractivity (Wildman–Crippen MR) is 144 cm³/mol. The number of benzene rings is 2. The van der Waals surface area contributed by atoms with Crippen LogP contribution in [0.2, 0.25) is 0 Å². The first-order valence-corrected chi connectivity index (χ1v) is 14.1. The van der Waals surface area contributed by atoms with Crippen LogP contribution >= 0.6 is 0 Å². The van der Waals surface area contributed by atoms with Crippen LogP contribution in [0.25, 0.3) is 0 Å². The summed E-state index contributed by atoms with van der Waals surface area (Å²) in [5, 5.41) is 2.84. The monoisotopic (exact) mass is 552 g/mol. The molecule has 2 heterocycles. The van der Waals surface area contributed by atoms with Gasteiger partial charge in [0.1, 0.15) is 11.8 Å². The van der Waals surface area contributed by atoms with E-state index < -0.39 is 16.1 Å². The molecule has 2 aromatic carbocycles. The number of aromatic nitrogens is 1. The highest BCUT2D eigenvalue weighted by atomic mass is 32.2. The number of sulfonamides is 1. The van der Waals surface area contributed by atoms with Crippen molar-refractivity contribution in [2.45, 2.75) is 31.0 Å². The van der Waals surface area contributed by atoms with E-state index in [0.717, 1.165) is 5.56 Å². The zero-order valence-corrected chi connectivity index (χ0v) is 22.5. The van der Waals surface area contributed by atoms with E-state index in [0.29, 0.717) is 37.7 Å². The minimum absolute atomic E-state index is 0.145. The van der Waals surface area contributed by atoms with Gasteiger partial charge in [0.2, 0.25) is 15.9 Å². The fraction of sp³-hybridized carbons (Fsp3) is 0.321. The second-order valence-corrected chi connectivity index (χ2v) is 10.9. The number of ether oxygens (including phenoxy) is 2. The Hall–Kier alpha value is -3.80.